The van der Waals surface area contributed by atoms with Crippen molar-refractivity contribution in [3.05, 3.63) is 0 Å². The van der Waals surface area contributed by atoms with E-state index in [-0.39, 0.29) is 5.97 Å². The number of unbranched alkanes of at least 4 members (excludes halogenated alkanes) is 5. The van der Waals surface area contributed by atoms with E-state index in [0.717, 1.165) is 0 Å². The predicted molar refractivity (Wildman–Crippen MR) is 81.7 cm³/mol. The Morgan fingerprint density at radius 2 is 1.61 bits per heavy atom. The van der Waals surface area contributed by atoms with Crippen molar-refractivity contribution in [2.24, 2.45) is 0 Å². The number of rotatable bonds is 10. The molecular weight excluding hydrogens is 240 g/mol. The van der Waals surface area contributed by atoms with E-state index in [1.165, 1.54) is 52.1 Å². The van der Waals surface area contributed by atoms with Crippen LogP contribution in [-0.2, 0) is 9.53 Å². The minimum atomic E-state index is -1.24. The lowest BCUT2D eigenvalue weighted by Crippen LogP contribution is -2.30. The Morgan fingerprint density at radius 3 is 2.11 bits per heavy atom. The fourth-order valence-corrected chi connectivity index (χ4v) is 4.15. The largest absolute Gasteiger partial charge is 0.469 e. The lowest BCUT2D eigenvalue weighted by molar-refractivity contribution is -0.140. The van der Waals surface area contributed by atoms with Crippen LogP contribution in [0.5, 0.6) is 0 Å². The van der Waals surface area contributed by atoms with Gasteiger partial charge in [-0.3, -0.25) is 4.79 Å². The molecule has 0 amide bonds. The molecule has 0 saturated heterocycles. The van der Waals surface area contributed by atoms with Crippen molar-refractivity contribution in [2.45, 2.75) is 83.5 Å². The van der Waals surface area contributed by atoms with Gasteiger partial charge in [0, 0.05) is 14.5 Å². The molecule has 0 aliphatic rings. The highest BCUT2D eigenvalue weighted by Gasteiger charge is 2.28. The van der Waals surface area contributed by atoms with Crippen molar-refractivity contribution >= 4 is 14.0 Å². The third kappa shape index (κ3) is 8.73. The summed E-state index contributed by atoms with van der Waals surface area (Å²) in [6.45, 7) is 9.32. The van der Waals surface area contributed by atoms with Gasteiger partial charge in [-0.1, -0.05) is 71.5 Å². The average molecular weight is 273 g/mol. The van der Waals surface area contributed by atoms with Gasteiger partial charge in [0.1, 0.15) is 0 Å². The van der Waals surface area contributed by atoms with Gasteiger partial charge in [-0.2, -0.15) is 0 Å². The van der Waals surface area contributed by atoms with Crippen LogP contribution in [0, 0.1) is 0 Å². The number of carbonyl (C=O) groups is 1. The number of esters is 1. The first-order valence-electron chi connectivity index (χ1n) is 7.48. The summed E-state index contributed by atoms with van der Waals surface area (Å²) in [5, 5.41) is 0. The van der Waals surface area contributed by atoms with E-state index in [1.54, 1.807) is 0 Å². The van der Waals surface area contributed by atoms with Gasteiger partial charge >= 0.3 is 5.97 Å². The molecule has 0 N–H and O–H groups in total. The zero-order valence-corrected chi connectivity index (χ0v) is 14.1. The molecule has 1 unspecified atom stereocenters. The van der Waals surface area contributed by atoms with Gasteiger partial charge in [0.2, 0.25) is 0 Å². The van der Waals surface area contributed by atoms with E-state index in [4.69, 9.17) is 4.74 Å². The Kier molecular flexibility index (Phi) is 9.43. The van der Waals surface area contributed by atoms with E-state index in [2.05, 4.69) is 26.6 Å². The normalized spacial score (nSPS) is 13.4. The van der Waals surface area contributed by atoms with Gasteiger partial charge in [-0.25, -0.2) is 0 Å². The van der Waals surface area contributed by atoms with E-state index in [1.807, 2.05) is 0 Å². The minimum Gasteiger partial charge on any atom is -0.469 e. The summed E-state index contributed by atoms with van der Waals surface area (Å²) in [5.74, 6) is -0.0339. The number of hydrogen-bond acceptors (Lipinski definition) is 2. The highest BCUT2D eigenvalue weighted by Crippen LogP contribution is 2.31. The van der Waals surface area contributed by atoms with Gasteiger partial charge in [0.15, 0.2) is 0 Å². The quantitative estimate of drug-likeness (QED) is 0.317. The standard InChI is InChI=1S/C15H32O2Si/c1-6-7-8-9-10-11-12-14(18(3,4)5)13-15(16)17-2/h14H,6-13H2,1-5H3. The fourth-order valence-electron chi connectivity index (χ4n) is 2.30. The van der Waals surface area contributed by atoms with Gasteiger partial charge in [-0.15, -0.1) is 0 Å². The first-order chi connectivity index (χ1) is 8.41. The second kappa shape index (κ2) is 9.60. The second-order valence-corrected chi connectivity index (χ2v) is 11.9. The van der Waals surface area contributed by atoms with Crippen molar-refractivity contribution in [1.29, 1.82) is 0 Å². The van der Waals surface area contributed by atoms with Gasteiger partial charge in [0.25, 0.3) is 0 Å². The third-order valence-electron chi connectivity index (χ3n) is 3.77. The van der Waals surface area contributed by atoms with E-state index in [0.29, 0.717) is 12.0 Å². The molecule has 1 atom stereocenters. The molecule has 0 radical (unpaired) electrons. The molecule has 108 valence electrons. The molecule has 0 bridgehead atoms. The average Bonchev–Trinajstić information content (AvgIpc) is 2.30. The van der Waals surface area contributed by atoms with E-state index >= 15 is 0 Å². The van der Waals surface area contributed by atoms with Gasteiger partial charge in [0.05, 0.1) is 7.11 Å². The lowest BCUT2D eigenvalue weighted by Gasteiger charge is -2.28. The summed E-state index contributed by atoms with van der Waals surface area (Å²) in [5.41, 5.74) is 0.580. The summed E-state index contributed by atoms with van der Waals surface area (Å²) in [6.07, 6.45) is 9.81. The van der Waals surface area contributed by atoms with Crippen molar-refractivity contribution in [3.8, 4) is 0 Å². The Labute approximate surface area is 115 Å². The van der Waals surface area contributed by atoms with Crippen LogP contribution in [0.25, 0.3) is 0 Å². The Balaban J connectivity index is 3.92. The maximum Gasteiger partial charge on any atom is 0.305 e. The van der Waals surface area contributed by atoms with Crippen molar-refractivity contribution in [1.82, 2.24) is 0 Å². The maximum atomic E-state index is 11.4. The monoisotopic (exact) mass is 272 g/mol. The summed E-state index contributed by atoms with van der Waals surface area (Å²) < 4.78 is 4.82. The van der Waals surface area contributed by atoms with Crippen molar-refractivity contribution in [2.75, 3.05) is 7.11 Å². The summed E-state index contributed by atoms with van der Waals surface area (Å²) in [6, 6.07) is 0. The highest BCUT2D eigenvalue weighted by molar-refractivity contribution is 6.77. The molecule has 0 aromatic carbocycles. The fraction of sp³-hybridized carbons (Fsp3) is 0.933. The van der Waals surface area contributed by atoms with Crippen LogP contribution in [0.3, 0.4) is 0 Å². The Morgan fingerprint density at radius 1 is 1.06 bits per heavy atom. The van der Waals surface area contributed by atoms with E-state index in [9.17, 15) is 4.79 Å². The number of ether oxygens (including phenoxy) is 1. The predicted octanol–water partition coefficient (Wildman–Crippen LogP) is 5.01. The summed E-state index contributed by atoms with van der Waals surface area (Å²) in [4.78, 5) is 11.4. The highest BCUT2D eigenvalue weighted by atomic mass is 28.3. The molecule has 18 heavy (non-hydrogen) atoms. The van der Waals surface area contributed by atoms with Crippen LogP contribution < -0.4 is 0 Å². The molecule has 0 aromatic heterocycles. The number of hydrogen-bond donors (Lipinski definition) is 0. The third-order valence-corrected chi connectivity index (χ3v) is 6.71. The number of carbonyl (C=O) groups excluding carboxylic acids is 1. The Hall–Kier alpha value is -0.313. The molecule has 0 rings (SSSR count). The van der Waals surface area contributed by atoms with Gasteiger partial charge < -0.3 is 4.74 Å². The first-order valence-corrected chi connectivity index (χ1v) is 11.1. The topological polar surface area (TPSA) is 26.3 Å². The molecule has 2 nitrogen and oxygen atoms in total. The second-order valence-electron chi connectivity index (χ2n) is 6.40. The van der Waals surface area contributed by atoms with Crippen LogP contribution >= 0.6 is 0 Å². The van der Waals surface area contributed by atoms with Crippen LogP contribution in [0.1, 0.15) is 58.3 Å². The molecule has 0 heterocycles. The smallest absolute Gasteiger partial charge is 0.305 e. The minimum absolute atomic E-state index is 0.0339. The molecule has 0 fully saturated rings. The first kappa shape index (κ1) is 17.7. The SMILES string of the molecule is CCCCCCCCC(CC(=O)OC)[Si](C)(C)C. The Bertz CT molecular complexity index is 221. The maximum absolute atomic E-state index is 11.4. The molecular formula is C15H32O2Si. The molecule has 3 heteroatoms. The lowest BCUT2D eigenvalue weighted by atomic mass is 10.1. The zero-order chi connectivity index (χ0) is 14.0. The summed E-state index contributed by atoms with van der Waals surface area (Å²) >= 11 is 0. The zero-order valence-electron chi connectivity index (χ0n) is 13.1. The summed E-state index contributed by atoms with van der Waals surface area (Å²) in [7, 11) is 0.252. The van der Waals surface area contributed by atoms with Crippen LogP contribution in [0.2, 0.25) is 25.2 Å². The molecule has 0 aromatic rings. The van der Waals surface area contributed by atoms with Crippen LogP contribution in [0.15, 0.2) is 0 Å². The molecule has 0 aliphatic carbocycles. The van der Waals surface area contributed by atoms with E-state index < -0.39 is 8.07 Å². The molecule has 0 saturated carbocycles. The van der Waals surface area contributed by atoms with Crippen molar-refractivity contribution < 1.29 is 9.53 Å². The molecule has 0 spiro atoms. The van der Waals surface area contributed by atoms with Crippen molar-refractivity contribution in [3.63, 3.8) is 0 Å². The van der Waals surface area contributed by atoms with Crippen LogP contribution in [-0.4, -0.2) is 21.2 Å². The molecule has 0 aliphatic heterocycles. The van der Waals surface area contributed by atoms with Gasteiger partial charge in [-0.05, 0) is 5.54 Å². The van der Waals surface area contributed by atoms with Crippen LogP contribution in [0.4, 0.5) is 0 Å². The number of methoxy groups -OCH3 is 1.